The molecular weight excluding hydrogens is 248 g/mol. The van der Waals surface area contributed by atoms with Gasteiger partial charge in [0, 0.05) is 12.8 Å². The van der Waals surface area contributed by atoms with E-state index in [4.69, 9.17) is 9.47 Å². The quantitative estimate of drug-likeness (QED) is 0.380. The summed E-state index contributed by atoms with van der Waals surface area (Å²) in [4.78, 5) is 0. The molecule has 0 saturated carbocycles. The van der Waals surface area contributed by atoms with Gasteiger partial charge in [0.1, 0.15) is 0 Å². The predicted molar refractivity (Wildman–Crippen MR) is 82.6 cm³/mol. The van der Waals surface area contributed by atoms with E-state index in [0.717, 1.165) is 44.7 Å². The number of rotatable bonds is 9. The highest BCUT2D eigenvalue weighted by molar-refractivity contribution is 5.15. The second-order valence-electron chi connectivity index (χ2n) is 5.09. The largest absolute Gasteiger partial charge is 0.498 e. The van der Waals surface area contributed by atoms with Crippen molar-refractivity contribution in [3.05, 3.63) is 59.9 Å². The Morgan fingerprint density at radius 1 is 1.35 bits per heavy atom. The predicted octanol–water partition coefficient (Wildman–Crippen LogP) is 4.27. The molecule has 108 valence electrons. The summed E-state index contributed by atoms with van der Waals surface area (Å²) >= 11 is 0. The van der Waals surface area contributed by atoms with Crippen molar-refractivity contribution in [2.75, 3.05) is 13.2 Å². The van der Waals surface area contributed by atoms with Gasteiger partial charge in [-0.3, -0.25) is 0 Å². The minimum absolute atomic E-state index is 0.447. The smallest absolute Gasteiger partial charge is 0.0959 e. The Morgan fingerprint density at radius 3 is 2.85 bits per heavy atom. The highest BCUT2D eigenvalue weighted by Gasteiger charge is 2.21. The van der Waals surface area contributed by atoms with E-state index in [2.05, 4.69) is 36.4 Å². The fourth-order valence-corrected chi connectivity index (χ4v) is 2.07. The summed E-state index contributed by atoms with van der Waals surface area (Å²) in [5.74, 6) is 1.08. The summed E-state index contributed by atoms with van der Waals surface area (Å²) in [5, 5.41) is 0. The molecule has 1 atom stereocenters. The Hall–Kier alpha value is -1.54. The van der Waals surface area contributed by atoms with Gasteiger partial charge >= 0.3 is 0 Å². The van der Waals surface area contributed by atoms with Gasteiger partial charge in [-0.15, -0.1) is 0 Å². The maximum absolute atomic E-state index is 5.86. The van der Waals surface area contributed by atoms with Gasteiger partial charge in [-0.25, -0.2) is 0 Å². The number of hydrogen-bond acceptors (Lipinski definition) is 2. The fourth-order valence-electron chi connectivity index (χ4n) is 2.07. The van der Waals surface area contributed by atoms with Crippen LogP contribution in [-0.4, -0.2) is 19.3 Å². The molecule has 20 heavy (non-hydrogen) atoms. The van der Waals surface area contributed by atoms with Crippen molar-refractivity contribution in [3.8, 4) is 0 Å². The van der Waals surface area contributed by atoms with Crippen LogP contribution in [0, 0.1) is 0 Å². The highest BCUT2D eigenvalue weighted by Crippen LogP contribution is 2.16. The van der Waals surface area contributed by atoms with E-state index in [9.17, 15) is 0 Å². The Kier molecular flexibility index (Phi) is 6.39. The summed E-state index contributed by atoms with van der Waals surface area (Å²) < 4.78 is 11.1. The Balaban J connectivity index is 1.71. The normalized spacial score (nSPS) is 18.4. The number of allylic oxidation sites excluding steroid dienone is 4. The number of aryl methyl sites for hydroxylation is 1. The van der Waals surface area contributed by atoms with Crippen LogP contribution in [0.15, 0.2) is 54.3 Å². The van der Waals surface area contributed by atoms with Gasteiger partial charge in [0.05, 0.1) is 25.1 Å². The summed E-state index contributed by atoms with van der Waals surface area (Å²) in [6.45, 7) is 3.70. The van der Waals surface area contributed by atoms with Crippen molar-refractivity contribution < 1.29 is 9.47 Å². The van der Waals surface area contributed by atoms with Crippen LogP contribution in [0.1, 0.15) is 31.7 Å². The maximum Gasteiger partial charge on any atom is 0.0959 e. The molecule has 1 aliphatic rings. The molecule has 0 aliphatic carbocycles. The van der Waals surface area contributed by atoms with Crippen LogP contribution in [0.4, 0.5) is 0 Å². The zero-order chi connectivity index (χ0) is 14.0. The van der Waals surface area contributed by atoms with Crippen molar-refractivity contribution in [2.45, 2.75) is 38.7 Å². The van der Waals surface area contributed by atoms with Crippen LogP contribution in [0.25, 0.3) is 0 Å². The molecule has 0 amide bonds. The third kappa shape index (κ3) is 6.07. The minimum atomic E-state index is 0.447. The molecule has 1 unspecified atom stereocenters. The van der Waals surface area contributed by atoms with Crippen LogP contribution in [-0.2, 0) is 15.9 Å². The topological polar surface area (TPSA) is 21.8 Å². The summed E-state index contributed by atoms with van der Waals surface area (Å²) in [7, 11) is 0. The van der Waals surface area contributed by atoms with Crippen molar-refractivity contribution >= 4 is 0 Å². The summed E-state index contributed by atoms with van der Waals surface area (Å²) in [5.41, 5.74) is 1.39. The second-order valence-corrected chi connectivity index (χ2v) is 5.09. The second kappa shape index (κ2) is 8.60. The van der Waals surface area contributed by atoms with Crippen molar-refractivity contribution in [1.82, 2.24) is 0 Å². The number of hydrogen-bond donors (Lipinski definition) is 0. The SMILES string of the molecule is C/C=C\C=C(/CCCc1ccccc1)OCCC1CO1. The lowest BCUT2D eigenvalue weighted by Gasteiger charge is -2.09. The molecule has 1 fully saturated rings. The molecule has 1 saturated heterocycles. The molecule has 0 N–H and O–H groups in total. The van der Waals surface area contributed by atoms with Gasteiger partial charge in [0.2, 0.25) is 0 Å². The molecule has 1 aliphatic heterocycles. The molecule has 1 aromatic carbocycles. The van der Waals surface area contributed by atoms with Crippen LogP contribution >= 0.6 is 0 Å². The van der Waals surface area contributed by atoms with Crippen LogP contribution in [0.5, 0.6) is 0 Å². The average molecular weight is 272 g/mol. The van der Waals surface area contributed by atoms with Crippen LogP contribution < -0.4 is 0 Å². The Morgan fingerprint density at radius 2 is 2.15 bits per heavy atom. The molecule has 1 heterocycles. The zero-order valence-corrected chi connectivity index (χ0v) is 12.3. The Bertz CT molecular complexity index is 430. The van der Waals surface area contributed by atoms with Gasteiger partial charge in [0.25, 0.3) is 0 Å². The van der Waals surface area contributed by atoms with Gasteiger partial charge in [0.15, 0.2) is 0 Å². The highest BCUT2D eigenvalue weighted by atomic mass is 16.6. The van der Waals surface area contributed by atoms with E-state index in [0.29, 0.717) is 6.10 Å². The van der Waals surface area contributed by atoms with E-state index in [1.807, 2.05) is 19.1 Å². The monoisotopic (exact) mass is 272 g/mol. The number of epoxide rings is 1. The summed E-state index contributed by atoms with van der Waals surface area (Å²) in [6, 6.07) is 10.6. The van der Waals surface area contributed by atoms with Gasteiger partial charge < -0.3 is 9.47 Å². The molecule has 0 aromatic heterocycles. The first-order chi connectivity index (χ1) is 9.88. The third-order valence-corrected chi connectivity index (χ3v) is 3.34. The molecule has 1 aromatic rings. The van der Waals surface area contributed by atoms with Crippen molar-refractivity contribution in [3.63, 3.8) is 0 Å². The van der Waals surface area contributed by atoms with E-state index >= 15 is 0 Å². The van der Waals surface area contributed by atoms with Crippen LogP contribution in [0.3, 0.4) is 0 Å². The van der Waals surface area contributed by atoms with Crippen molar-refractivity contribution in [1.29, 1.82) is 0 Å². The van der Waals surface area contributed by atoms with Crippen LogP contribution in [0.2, 0.25) is 0 Å². The molecule has 0 radical (unpaired) electrons. The lowest BCUT2D eigenvalue weighted by molar-refractivity contribution is 0.187. The molecule has 2 rings (SSSR count). The number of ether oxygens (including phenoxy) is 2. The first-order valence-corrected chi connectivity index (χ1v) is 7.48. The lowest BCUT2D eigenvalue weighted by atomic mass is 10.1. The molecule has 2 heteroatoms. The maximum atomic E-state index is 5.86. The van der Waals surface area contributed by atoms with E-state index in [1.54, 1.807) is 0 Å². The fraction of sp³-hybridized carbons (Fsp3) is 0.444. The standard InChI is InChI=1S/C18H24O2/c1-2-3-11-17(19-14-13-18-15-20-18)12-7-10-16-8-5-4-6-9-16/h2-6,8-9,11,18H,7,10,12-15H2,1H3/b3-2-,17-11+. The minimum Gasteiger partial charge on any atom is -0.498 e. The van der Waals surface area contributed by atoms with E-state index in [-0.39, 0.29) is 0 Å². The average Bonchev–Trinajstić information content (AvgIpc) is 3.29. The summed E-state index contributed by atoms with van der Waals surface area (Å²) in [6.07, 6.45) is 10.8. The van der Waals surface area contributed by atoms with E-state index in [1.165, 1.54) is 5.56 Å². The number of benzene rings is 1. The van der Waals surface area contributed by atoms with E-state index < -0.39 is 0 Å². The molecular formula is C18H24O2. The van der Waals surface area contributed by atoms with Crippen molar-refractivity contribution in [2.24, 2.45) is 0 Å². The third-order valence-electron chi connectivity index (χ3n) is 3.34. The zero-order valence-electron chi connectivity index (χ0n) is 12.3. The molecule has 2 nitrogen and oxygen atoms in total. The first kappa shape index (κ1) is 14.9. The first-order valence-electron chi connectivity index (χ1n) is 7.48. The molecule has 0 spiro atoms. The van der Waals surface area contributed by atoms with Gasteiger partial charge in [-0.05, 0) is 31.4 Å². The van der Waals surface area contributed by atoms with Gasteiger partial charge in [-0.2, -0.15) is 0 Å². The van der Waals surface area contributed by atoms with Gasteiger partial charge in [-0.1, -0.05) is 42.5 Å². The Labute approximate surface area is 122 Å². The lowest BCUT2D eigenvalue weighted by Crippen LogP contribution is -1.99. The molecule has 0 bridgehead atoms.